The van der Waals surface area contributed by atoms with Crippen LogP contribution in [-0.2, 0) is 13.5 Å². The summed E-state index contributed by atoms with van der Waals surface area (Å²) in [7, 11) is 1.78. The Kier molecular flexibility index (Phi) is 4.99. The summed E-state index contributed by atoms with van der Waals surface area (Å²) in [6.07, 6.45) is 6.93. The number of halogens is 1. The van der Waals surface area contributed by atoms with Gasteiger partial charge in [0.2, 0.25) is 5.89 Å². The van der Waals surface area contributed by atoms with Gasteiger partial charge in [0.25, 0.3) is 5.91 Å². The molecular formula is C20H21ClN4O2. The number of rotatable bonds is 4. The Morgan fingerprint density at radius 3 is 2.81 bits per heavy atom. The molecule has 3 heterocycles. The highest BCUT2D eigenvalue weighted by Crippen LogP contribution is 2.32. The molecule has 1 saturated heterocycles. The van der Waals surface area contributed by atoms with Crippen LogP contribution in [-0.4, -0.2) is 32.1 Å². The summed E-state index contributed by atoms with van der Waals surface area (Å²) in [6.45, 7) is 0.698. The van der Waals surface area contributed by atoms with E-state index in [0.29, 0.717) is 29.6 Å². The van der Waals surface area contributed by atoms with Crippen molar-refractivity contribution >= 4 is 17.5 Å². The molecular weight excluding hydrogens is 364 g/mol. The summed E-state index contributed by atoms with van der Waals surface area (Å²) in [5.41, 5.74) is 1.68. The number of nitrogens with zero attached hydrogens (tertiary/aromatic N) is 4. The van der Waals surface area contributed by atoms with Crippen molar-refractivity contribution in [1.82, 2.24) is 19.7 Å². The van der Waals surface area contributed by atoms with Gasteiger partial charge in [0.15, 0.2) is 0 Å². The van der Waals surface area contributed by atoms with E-state index in [9.17, 15) is 4.79 Å². The van der Waals surface area contributed by atoms with Crippen LogP contribution in [0.5, 0.6) is 0 Å². The van der Waals surface area contributed by atoms with E-state index < -0.39 is 0 Å². The Morgan fingerprint density at radius 2 is 2.07 bits per heavy atom. The van der Waals surface area contributed by atoms with Gasteiger partial charge in [0.1, 0.15) is 17.5 Å². The molecule has 0 saturated carbocycles. The lowest BCUT2D eigenvalue weighted by Gasteiger charge is -2.33. The van der Waals surface area contributed by atoms with Crippen LogP contribution in [0.3, 0.4) is 0 Å². The number of aryl methyl sites for hydroxylation is 1. The van der Waals surface area contributed by atoms with E-state index in [1.165, 1.54) is 0 Å². The highest BCUT2D eigenvalue weighted by molar-refractivity contribution is 6.30. The summed E-state index contributed by atoms with van der Waals surface area (Å²) in [6, 6.07) is 9.29. The van der Waals surface area contributed by atoms with Gasteiger partial charge in [0.05, 0.1) is 6.20 Å². The fourth-order valence-electron chi connectivity index (χ4n) is 3.52. The SMILES string of the molecule is Cn1nccc1C(=O)N1CCCCC1c1ncc(Cc2ccc(Cl)cc2)o1. The van der Waals surface area contributed by atoms with Crippen molar-refractivity contribution < 1.29 is 9.21 Å². The molecule has 1 aliphatic heterocycles. The molecule has 0 radical (unpaired) electrons. The zero-order chi connectivity index (χ0) is 18.8. The second-order valence-corrected chi connectivity index (χ2v) is 7.25. The van der Waals surface area contributed by atoms with Gasteiger partial charge < -0.3 is 9.32 Å². The molecule has 0 spiro atoms. The lowest BCUT2D eigenvalue weighted by Crippen LogP contribution is -2.39. The van der Waals surface area contributed by atoms with Crippen LogP contribution < -0.4 is 0 Å². The van der Waals surface area contributed by atoms with Crippen LogP contribution >= 0.6 is 11.6 Å². The molecule has 27 heavy (non-hydrogen) atoms. The maximum atomic E-state index is 13.0. The van der Waals surface area contributed by atoms with Crippen LogP contribution in [0.2, 0.25) is 5.02 Å². The van der Waals surface area contributed by atoms with Crippen LogP contribution in [0.1, 0.15) is 53.0 Å². The maximum Gasteiger partial charge on any atom is 0.272 e. The third-order valence-electron chi connectivity index (χ3n) is 4.95. The van der Waals surface area contributed by atoms with Crippen molar-refractivity contribution in [3.63, 3.8) is 0 Å². The number of hydrogen-bond acceptors (Lipinski definition) is 4. The molecule has 6 nitrogen and oxygen atoms in total. The summed E-state index contributed by atoms with van der Waals surface area (Å²) < 4.78 is 7.63. The minimum atomic E-state index is -0.139. The number of oxazole rings is 1. The summed E-state index contributed by atoms with van der Waals surface area (Å²) in [5, 5.41) is 4.82. The zero-order valence-electron chi connectivity index (χ0n) is 15.1. The smallest absolute Gasteiger partial charge is 0.272 e. The van der Waals surface area contributed by atoms with Crippen molar-refractivity contribution in [3.05, 3.63) is 70.7 Å². The van der Waals surface area contributed by atoms with Gasteiger partial charge in [0, 0.05) is 31.2 Å². The standard InChI is InChI=1S/C20H21ClN4O2/c1-24-18(9-10-23-24)20(26)25-11-3-2-4-17(25)19-22-13-16(27-19)12-14-5-7-15(21)8-6-14/h5-10,13,17H,2-4,11-12H2,1H3. The number of likely N-dealkylation sites (tertiary alicyclic amines) is 1. The Bertz CT molecular complexity index is 932. The third kappa shape index (κ3) is 3.76. The first-order valence-corrected chi connectivity index (χ1v) is 9.47. The van der Waals surface area contributed by atoms with Crippen molar-refractivity contribution in [1.29, 1.82) is 0 Å². The number of piperidine rings is 1. The van der Waals surface area contributed by atoms with Gasteiger partial charge >= 0.3 is 0 Å². The lowest BCUT2D eigenvalue weighted by molar-refractivity contribution is 0.0558. The molecule has 2 aromatic heterocycles. The average Bonchev–Trinajstić information content (AvgIpc) is 3.32. The second-order valence-electron chi connectivity index (χ2n) is 6.82. The number of aromatic nitrogens is 3. The average molecular weight is 385 g/mol. The number of hydrogen-bond donors (Lipinski definition) is 0. The van der Waals surface area contributed by atoms with Gasteiger partial charge in [-0.15, -0.1) is 0 Å². The Labute approximate surface area is 162 Å². The molecule has 3 aromatic rings. The van der Waals surface area contributed by atoms with Crippen molar-refractivity contribution in [2.75, 3.05) is 6.54 Å². The quantitative estimate of drug-likeness (QED) is 0.681. The molecule has 1 fully saturated rings. The first-order chi connectivity index (χ1) is 13.1. The molecule has 1 unspecified atom stereocenters. The molecule has 1 amide bonds. The molecule has 0 N–H and O–H groups in total. The third-order valence-corrected chi connectivity index (χ3v) is 5.20. The molecule has 0 aliphatic carbocycles. The lowest BCUT2D eigenvalue weighted by atomic mass is 10.0. The highest BCUT2D eigenvalue weighted by Gasteiger charge is 2.33. The van der Waals surface area contributed by atoms with Gasteiger partial charge in [-0.25, -0.2) is 4.98 Å². The van der Waals surface area contributed by atoms with Crippen molar-refractivity contribution in [2.45, 2.75) is 31.7 Å². The van der Waals surface area contributed by atoms with Gasteiger partial charge in [-0.1, -0.05) is 23.7 Å². The number of carbonyl (C=O) groups is 1. The molecule has 1 aliphatic rings. The fraction of sp³-hybridized carbons (Fsp3) is 0.350. The van der Waals surface area contributed by atoms with Gasteiger partial charge in [-0.05, 0) is 43.0 Å². The molecule has 1 atom stereocenters. The molecule has 7 heteroatoms. The predicted molar refractivity (Wildman–Crippen MR) is 102 cm³/mol. The highest BCUT2D eigenvalue weighted by atomic mass is 35.5. The Hall–Kier alpha value is -2.60. The van der Waals surface area contributed by atoms with E-state index >= 15 is 0 Å². The van der Waals surface area contributed by atoms with Crippen LogP contribution in [0.4, 0.5) is 0 Å². The fourth-order valence-corrected chi connectivity index (χ4v) is 3.65. The Balaban J connectivity index is 1.54. The summed E-state index contributed by atoms with van der Waals surface area (Å²) >= 11 is 5.94. The summed E-state index contributed by atoms with van der Waals surface area (Å²) in [5.74, 6) is 1.36. The predicted octanol–water partition coefficient (Wildman–Crippen LogP) is 4.02. The van der Waals surface area contributed by atoms with Gasteiger partial charge in [-0.2, -0.15) is 5.10 Å². The molecule has 0 bridgehead atoms. The van der Waals surface area contributed by atoms with Crippen molar-refractivity contribution in [3.8, 4) is 0 Å². The number of amides is 1. The molecule has 4 rings (SSSR count). The van der Waals surface area contributed by atoms with E-state index in [2.05, 4.69) is 10.1 Å². The minimum Gasteiger partial charge on any atom is -0.443 e. The normalized spacial score (nSPS) is 17.3. The second kappa shape index (κ2) is 7.56. The van der Waals surface area contributed by atoms with E-state index in [4.69, 9.17) is 16.0 Å². The first kappa shape index (κ1) is 17.8. The summed E-state index contributed by atoms with van der Waals surface area (Å²) in [4.78, 5) is 19.3. The molecule has 1 aromatic carbocycles. The van der Waals surface area contributed by atoms with E-state index in [1.54, 1.807) is 30.2 Å². The van der Waals surface area contributed by atoms with E-state index in [0.717, 1.165) is 30.6 Å². The van der Waals surface area contributed by atoms with Crippen LogP contribution in [0, 0.1) is 0 Å². The largest absolute Gasteiger partial charge is 0.443 e. The van der Waals surface area contributed by atoms with Crippen molar-refractivity contribution in [2.24, 2.45) is 7.05 Å². The number of benzene rings is 1. The monoisotopic (exact) mass is 384 g/mol. The maximum absolute atomic E-state index is 13.0. The topological polar surface area (TPSA) is 64.2 Å². The van der Waals surface area contributed by atoms with E-state index in [-0.39, 0.29) is 11.9 Å². The van der Waals surface area contributed by atoms with E-state index in [1.807, 2.05) is 29.2 Å². The first-order valence-electron chi connectivity index (χ1n) is 9.10. The number of carbonyl (C=O) groups excluding carboxylic acids is 1. The van der Waals surface area contributed by atoms with Crippen LogP contribution in [0.15, 0.2) is 47.1 Å². The van der Waals surface area contributed by atoms with Crippen LogP contribution in [0.25, 0.3) is 0 Å². The zero-order valence-corrected chi connectivity index (χ0v) is 15.9. The molecule has 140 valence electrons. The van der Waals surface area contributed by atoms with Gasteiger partial charge in [-0.3, -0.25) is 9.48 Å². The Morgan fingerprint density at radius 1 is 1.26 bits per heavy atom. The minimum absolute atomic E-state index is 0.0304.